The first-order chi connectivity index (χ1) is 13.9. The van der Waals surface area contributed by atoms with Gasteiger partial charge in [0.15, 0.2) is 5.78 Å². The van der Waals surface area contributed by atoms with Crippen LogP contribution >= 0.6 is 0 Å². The van der Waals surface area contributed by atoms with Crippen LogP contribution in [-0.2, 0) is 16.6 Å². The molecule has 2 aromatic carbocycles. The van der Waals surface area contributed by atoms with E-state index in [1.165, 1.54) is 35.5 Å². The van der Waals surface area contributed by atoms with Gasteiger partial charge >= 0.3 is 0 Å². The number of hydrogen-bond acceptors (Lipinski definition) is 6. The van der Waals surface area contributed by atoms with Crippen molar-refractivity contribution in [1.82, 2.24) is 19.3 Å². The lowest BCUT2D eigenvalue weighted by molar-refractivity contribution is 0.101. The highest BCUT2D eigenvalue weighted by atomic mass is 32.2. The first-order valence-corrected chi connectivity index (χ1v) is 10.6. The number of Topliss-reactive ketones (excluding diaryl/α,β-unsaturated/α-hetero) is 1. The summed E-state index contributed by atoms with van der Waals surface area (Å²) in [7, 11) is -3.59. The summed E-state index contributed by atoms with van der Waals surface area (Å²) in [5, 5.41) is 8.19. The molecule has 1 aromatic heterocycles. The standard InChI is InChI=1S/C20H20N4O4S/c1-15(25)16-7-9-20(10-8-16)29(26,27)23-12-18(13-23)24-11-17(21-22-24)14-28-19-5-3-2-4-6-19/h2-11,18H,12-14H2,1H3. The Morgan fingerprint density at radius 1 is 1.10 bits per heavy atom. The minimum atomic E-state index is -3.59. The third kappa shape index (κ3) is 4.06. The van der Waals surface area contributed by atoms with Crippen molar-refractivity contribution in [3.05, 3.63) is 72.1 Å². The molecule has 0 bridgehead atoms. The fourth-order valence-corrected chi connectivity index (χ4v) is 4.54. The quantitative estimate of drug-likeness (QED) is 0.553. The summed E-state index contributed by atoms with van der Waals surface area (Å²) in [6.45, 7) is 2.38. The largest absolute Gasteiger partial charge is 0.487 e. The molecule has 9 heteroatoms. The van der Waals surface area contributed by atoms with Crippen molar-refractivity contribution in [2.24, 2.45) is 0 Å². The maximum absolute atomic E-state index is 12.7. The normalized spacial score (nSPS) is 15.1. The number of sulfonamides is 1. The van der Waals surface area contributed by atoms with Crippen LogP contribution < -0.4 is 4.74 Å². The zero-order valence-electron chi connectivity index (χ0n) is 15.8. The molecule has 0 unspecified atom stereocenters. The molecule has 29 heavy (non-hydrogen) atoms. The van der Waals surface area contributed by atoms with Crippen LogP contribution in [0.5, 0.6) is 5.75 Å². The average Bonchev–Trinajstić information content (AvgIpc) is 3.14. The van der Waals surface area contributed by atoms with Gasteiger partial charge in [-0.3, -0.25) is 4.79 Å². The van der Waals surface area contributed by atoms with Gasteiger partial charge in [0.1, 0.15) is 18.1 Å². The summed E-state index contributed by atoms with van der Waals surface area (Å²) in [5.41, 5.74) is 1.16. The molecule has 0 spiro atoms. The van der Waals surface area contributed by atoms with Crippen LogP contribution in [0.15, 0.2) is 65.7 Å². The minimum absolute atomic E-state index is 0.0701. The van der Waals surface area contributed by atoms with Crippen molar-refractivity contribution in [3.8, 4) is 5.75 Å². The van der Waals surface area contributed by atoms with Gasteiger partial charge in [-0.05, 0) is 31.2 Å². The summed E-state index contributed by atoms with van der Waals surface area (Å²) in [5.74, 6) is 0.648. The van der Waals surface area contributed by atoms with Gasteiger partial charge < -0.3 is 4.74 Å². The highest BCUT2D eigenvalue weighted by molar-refractivity contribution is 7.89. The lowest BCUT2D eigenvalue weighted by Crippen LogP contribution is -2.50. The topological polar surface area (TPSA) is 94.4 Å². The molecule has 0 N–H and O–H groups in total. The fraction of sp³-hybridized carbons (Fsp3) is 0.250. The minimum Gasteiger partial charge on any atom is -0.487 e. The van der Waals surface area contributed by atoms with E-state index in [0.29, 0.717) is 31.0 Å². The molecular formula is C20H20N4O4S. The molecule has 1 fully saturated rings. The molecule has 150 valence electrons. The van der Waals surface area contributed by atoms with Crippen molar-refractivity contribution in [2.75, 3.05) is 13.1 Å². The fourth-order valence-electron chi connectivity index (χ4n) is 3.02. The Kier molecular flexibility index (Phi) is 5.16. The van der Waals surface area contributed by atoms with Crippen LogP contribution in [0.4, 0.5) is 0 Å². The predicted octanol–water partition coefficient (Wildman–Crippen LogP) is 2.31. The van der Waals surface area contributed by atoms with Gasteiger partial charge in [0, 0.05) is 18.7 Å². The maximum Gasteiger partial charge on any atom is 0.243 e. The van der Waals surface area contributed by atoms with E-state index in [1.54, 1.807) is 10.9 Å². The van der Waals surface area contributed by atoms with Crippen molar-refractivity contribution in [3.63, 3.8) is 0 Å². The summed E-state index contributed by atoms with van der Waals surface area (Å²) in [4.78, 5) is 11.5. The summed E-state index contributed by atoms with van der Waals surface area (Å²) < 4.78 is 34.1. The van der Waals surface area contributed by atoms with Gasteiger partial charge in [0.05, 0.1) is 17.1 Å². The predicted molar refractivity (Wildman–Crippen MR) is 105 cm³/mol. The van der Waals surface area contributed by atoms with Crippen LogP contribution in [0.1, 0.15) is 29.0 Å². The van der Waals surface area contributed by atoms with E-state index in [2.05, 4.69) is 10.3 Å². The van der Waals surface area contributed by atoms with Crippen molar-refractivity contribution in [1.29, 1.82) is 0 Å². The van der Waals surface area contributed by atoms with Crippen LogP contribution in [-0.4, -0.2) is 46.6 Å². The Labute approximate surface area is 168 Å². The number of carbonyl (C=O) groups excluding carboxylic acids is 1. The zero-order chi connectivity index (χ0) is 20.4. The summed E-state index contributed by atoms with van der Waals surface area (Å²) in [6.07, 6.45) is 1.78. The number of para-hydroxylation sites is 1. The molecule has 0 saturated carbocycles. The Morgan fingerprint density at radius 3 is 2.45 bits per heavy atom. The molecule has 2 heterocycles. The van der Waals surface area contributed by atoms with Crippen molar-refractivity contribution < 1.29 is 17.9 Å². The molecule has 0 amide bonds. The third-order valence-electron chi connectivity index (χ3n) is 4.79. The average molecular weight is 412 g/mol. The van der Waals surface area contributed by atoms with Crippen LogP contribution in [0.2, 0.25) is 0 Å². The molecule has 0 radical (unpaired) electrons. The number of aromatic nitrogens is 3. The summed E-state index contributed by atoms with van der Waals surface area (Å²) in [6, 6.07) is 15.3. The Balaban J connectivity index is 1.36. The molecule has 4 rings (SSSR count). The van der Waals surface area contributed by atoms with E-state index in [-0.39, 0.29) is 16.7 Å². The number of rotatable bonds is 7. The molecule has 0 aliphatic carbocycles. The second-order valence-electron chi connectivity index (χ2n) is 6.85. The van der Waals surface area contributed by atoms with Gasteiger partial charge in [-0.25, -0.2) is 13.1 Å². The van der Waals surface area contributed by atoms with Crippen LogP contribution in [0, 0.1) is 0 Å². The van der Waals surface area contributed by atoms with Gasteiger partial charge in [-0.2, -0.15) is 4.31 Å². The van der Waals surface area contributed by atoms with Gasteiger partial charge in [-0.1, -0.05) is 35.5 Å². The van der Waals surface area contributed by atoms with Crippen molar-refractivity contribution in [2.45, 2.75) is 24.5 Å². The second kappa shape index (κ2) is 7.76. The number of carbonyl (C=O) groups is 1. The van der Waals surface area contributed by atoms with Gasteiger partial charge in [0.2, 0.25) is 10.0 Å². The van der Waals surface area contributed by atoms with Gasteiger partial charge in [0.25, 0.3) is 0 Å². The molecule has 0 atom stereocenters. The van der Waals surface area contributed by atoms with Crippen LogP contribution in [0.25, 0.3) is 0 Å². The highest BCUT2D eigenvalue weighted by Gasteiger charge is 2.38. The molecule has 1 aliphatic rings. The number of ketones is 1. The number of hydrogen-bond donors (Lipinski definition) is 0. The van der Waals surface area contributed by atoms with Crippen LogP contribution in [0.3, 0.4) is 0 Å². The lowest BCUT2D eigenvalue weighted by atomic mass is 10.2. The Morgan fingerprint density at radius 2 is 1.79 bits per heavy atom. The molecule has 1 saturated heterocycles. The van der Waals surface area contributed by atoms with E-state index in [9.17, 15) is 13.2 Å². The first kappa shape index (κ1) is 19.3. The third-order valence-corrected chi connectivity index (χ3v) is 6.64. The Hall–Kier alpha value is -3.04. The number of nitrogens with zero attached hydrogens (tertiary/aromatic N) is 4. The number of ether oxygens (including phenoxy) is 1. The first-order valence-electron chi connectivity index (χ1n) is 9.13. The smallest absolute Gasteiger partial charge is 0.243 e. The van der Waals surface area contributed by atoms with Gasteiger partial charge in [-0.15, -0.1) is 5.10 Å². The SMILES string of the molecule is CC(=O)c1ccc(S(=O)(=O)N2CC(n3cc(COc4ccccc4)nn3)C2)cc1. The highest BCUT2D eigenvalue weighted by Crippen LogP contribution is 2.28. The van der Waals surface area contributed by atoms with E-state index in [4.69, 9.17) is 4.74 Å². The molecule has 1 aliphatic heterocycles. The monoisotopic (exact) mass is 412 g/mol. The maximum atomic E-state index is 12.7. The zero-order valence-corrected chi connectivity index (χ0v) is 16.6. The second-order valence-corrected chi connectivity index (χ2v) is 8.79. The Bertz CT molecular complexity index is 1100. The van der Waals surface area contributed by atoms with E-state index >= 15 is 0 Å². The van der Waals surface area contributed by atoms with E-state index in [1.807, 2.05) is 30.3 Å². The summed E-state index contributed by atoms with van der Waals surface area (Å²) >= 11 is 0. The van der Waals surface area contributed by atoms with Crippen molar-refractivity contribution >= 4 is 15.8 Å². The molecule has 8 nitrogen and oxygen atoms in total. The molecule has 3 aromatic rings. The molecular weight excluding hydrogens is 392 g/mol. The van der Waals surface area contributed by atoms with E-state index < -0.39 is 10.0 Å². The van der Waals surface area contributed by atoms with E-state index in [0.717, 1.165) is 5.75 Å². The number of benzene rings is 2. The lowest BCUT2D eigenvalue weighted by Gasteiger charge is -2.37.